The van der Waals surface area contributed by atoms with Gasteiger partial charge in [-0.25, -0.2) is 5.48 Å². The van der Waals surface area contributed by atoms with E-state index in [-0.39, 0.29) is 12.3 Å². The lowest BCUT2D eigenvalue weighted by Crippen LogP contribution is -2.07. The molecule has 0 spiro atoms. The molecular formula is C9H12ClNO3. The first-order chi connectivity index (χ1) is 6.61. The number of hydrogen-bond acceptors (Lipinski definition) is 4. The molecule has 14 heavy (non-hydrogen) atoms. The topological polar surface area (TPSA) is 61.7 Å². The summed E-state index contributed by atoms with van der Waals surface area (Å²) in [6.45, 7) is 1.83. The number of halogens is 1. The predicted molar refractivity (Wildman–Crippen MR) is 53.0 cm³/mol. The minimum atomic E-state index is 0.0767. The molecule has 1 rings (SSSR count). The van der Waals surface area contributed by atoms with Crippen LogP contribution in [0.5, 0.6) is 11.5 Å². The second-order valence-corrected chi connectivity index (χ2v) is 3.27. The molecule has 1 aromatic rings. The maximum absolute atomic E-state index is 9.68. The zero-order valence-corrected chi connectivity index (χ0v) is 8.72. The third-order valence-corrected chi connectivity index (χ3v) is 2.27. The Morgan fingerprint density at radius 3 is 2.71 bits per heavy atom. The van der Waals surface area contributed by atoms with E-state index in [9.17, 15) is 5.11 Å². The smallest absolute Gasteiger partial charge is 0.144 e. The van der Waals surface area contributed by atoms with Crippen LogP contribution in [-0.4, -0.2) is 17.4 Å². The maximum Gasteiger partial charge on any atom is 0.144 e. The molecule has 0 amide bonds. The molecule has 3 N–H and O–H groups in total. The zero-order chi connectivity index (χ0) is 10.7. The van der Waals surface area contributed by atoms with E-state index in [1.807, 2.05) is 5.48 Å². The van der Waals surface area contributed by atoms with Gasteiger partial charge in [-0.2, -0.15) is 0 Å². The molecular weight excluding hydrogens is 206 g/mol. The summed E-state index contributed by atoms with van der Waals surface area (Å²) in [6, 6.07) is 1.55. The van der Waals surface area contributed by atoms with Crippen LogP contribution >= 0.6 is 11.6 Å². The van der Waals surface area contributed by atoms with E-state index in [0.717, 1.165) is 0 Å². The number of hydroxylamine groups is 1. The molecule has 78 valence electrons. The van der Waals surface area contributed by atoms with E-state index in [2.05, 4.69) is 0 Å². The number of nitrogens with one attached hydrogen (secondary N) is 1. The van der Waals surface area contributed by atoms with Crippen molar-refractivity contribution in [1.82, 2.24) is 5.48 Å². The zero-order valence-electron chi connectivity index (χ0n) is 7.97. The van der Waals surface area contributed by atoms with E-state index in [4.69, 9.17) is 21.5 Å². The first kappa shape index (κ1) is 11.1. The van der Waals surface area contributed by atoms with Gasteiger partial charge in [-0.3, -0.25) is 0 Å². The molecule has 1 aromatic carbocycles. The average molecular weight is 218 g/mol. The Morgan fingerprint density at radius 1 is 1.57 bits per heavy atom. The Balaban J connectivity index is 3.25. The van der Waals surface area contributed by atoms with Crippen LogP contribution < -0.4 is 10.2 Å². The summed E-state index contributed by atoms with van der Waals surface area (Å²) in [5.74, 6) is 0.527. The summed E-state index contributed by atoms with van der Waals surface area (Å²) in [4.78, 5) is 0. The number of methoxy groups -OCH3 is 1. The normalized spacial score (nSPS) is 10.3. The van der Waals surface area contributed by atoms with Crippen LogP contribution in [0.3, 0.4) is 0 Å². The van der Waals surface area contributed by atoms with E-state index in [0.29, 0.717) is 21.9 Å². The summed E-state index contributed by atoms with van der Waals surface area (Å²) in [7, 11) is 1.48. The summed E-state index contributed by atoms with van der Waals surface area (Å²) in [5, 5.41) is 18.6. The van der Waals surface area contributed by atoms with Gasteiger partial charge < -0.3 is 15.1 Å². The van der Waals surface area contributed by atoms with Gasteiger partial charge in [0.05, 0.1) is 12.1 Å². The van der Waals surface area contributed by atoms with Crippen molar-refractivity contribution in [2.75, 3.05) is 7.11 Å². The lowest BCUT2D eigenvalue weighted by Gasteiger charge is -2.12. The maximum atomic E-state index is 9.68. The summed E-state index contributed by atoms with van der Waals surface area (Å²) < 4.78 is 5.01. The molecule has 0 aliphatic heterocycles. The van der Waals surface area contributed by atoms with Crippen molar-refractivity contribution in [2.45, 2.75) is 13.5 Å². The Morgan fingerprint density at radius 2 is 2.21 bits per heavy atom. The molecule has 0 aliphatic carbocycles. The van der Waals surface area contributed by atoms with E-state index in [1.54, 1.807) is 13.0 Å². The van der Waals surface area contributed by atoms with Gasteiger partial charge in [0.1, 0.15) is 11.5 Å². The van der Waals surface area contributed by atoms with Crippen molar-refractivity contribution in [3.05, 3.63) is 22.2 Å². The van der Waals surface area contributed by atoms with Crippen molar-refractivity contribution in [2.24, 2.45) is 0 Å². The van der Waals surface area contributed by atoms with Crippen LogP contribution in [-0.2, 0) is 6.54 Å². The average Bonchev–Trinajstić information content (AvgIpc) is 2.15. The van der Waals surface area contributed by atoms with E-state index < -0.39 is 0 Å². The number of aromatic hydroxyl groups is 1. The quantitative estimate of drug-likeness (QED) is 0.677. The molecule has 0 unspecified atom stereocenters. The Labute approximate surface area is 87.0 Å². The van der Waals surface area contributed by atoms with Gasteiger partial charge in [-0.15, -0.1) is 0 Å². The number of rotatable bonds is 3. The fourth-order valence-electron chi connectivity index (χ4n) is 1.28. The van der Waals surface area contributed by atoms with Crippen molar-refractivity contribution in [3.63, 3.8) is 0 Å². The minimum absolute atomic E-state index is 0.0767. The molecule has 0 radical (unpaired) electrons. The van der Waals surface area contributed by atoms with Crippen LogP contribution in [0.4, 0.5) is 0 Å². The number of hydrogen-bond donors (Lipinski definition) is 3. The summed E-state index contributed by atoms with van der Waals surface area (Å²) in [6.07, 6.45) is 0. The SMILES string of the molecule is COc1c(Cl)cc(CNO)c(O)c1C. The summed E-state index contributed by atoms with van der Waals surface area (Å²) in [5.41, 5.74) is 3.04. The Bertz CT molecular complexity index is 341. The lowest BCUT2D eigenvalue weighted by atomic mass is 10.1. The minimum Gasteiger partial charge on any atom is -0.507 e. The first-order valence-corrected chi connectivity index (χ1v) is 4.41. The van der Waals surface area contributed by atoms with Crippen molar-refractivity contribution in [1.29, 1.82) is 0 Å². The van der Waals surface area contributed by atoms with Crippen LogP contribution in [0.1, 0.15) is 11.1 Å². The Hall–Kier alpha value is -0.970. The first-order valence-electron chi connectivity index (χ1n) is 4.03. The van der Waals surface area contributed by atoms with Crippen LogP contribution in [0.2, 0.25) is 5.02 Å². The fourth-order valence-corrected chi connectivity index (χ4v) is 1.64. The van der Waals surface area contributed by atoms with Crippen LogP contribution in [0.25, 0.3) is 0 Å². The lowest BCUT2D eigenvalue weighted by molar-refractivity contribution is 0.160. The van der Waals surface area contributed by atoms with Gasteiger partial charge in [-0.05, 0) is 13.0 Å². The third-order valence-electron chi connectivity index (χ3n) is 1.99. The molecule has 0 aromatic heterocycles. The predicted octanol–water partition coefficient (Wildman–Crippen LogP) is 1.84. The van der Waals surface area contributed by atoms with Crippen LogP contribution in [0.15, 0.2) is 6.07 Å². The van der Waals surface area contributed by atoms with Gasteiger partial charge in [0.15, 0.2) is 0 Å². The van der Waals surface area contributed by atoms with Gasteiger partial charge in [0.2, 0.25) is 0 Å². The van der Waals surface area contributed by atoms with Crippen molar-refractivity contribution in [3.8, 4) is 11.5 Å². The van der Waals surface area contributed by atoms with Gasteiger partial charge in [-0.1, -0.05) is 11.6 Å². The highest BCUT2D eigenvalue weighted by Gasteiger charge is 2.13. The highest BCUT2D eigenvalue weighted by Crippen LogP contribution is 2.36. The fraction of sp³-hybridized carbons (Fsp3) is 0.333. The molecule has 0 saturated heterocycles. The molecule has 5 heteroatoms. The highest BCUT2D eigenvalue weighted by molar-refractivity contribution is 6.32. The van der Waals surface area contributed by atoms with Crippen molar-refractivity contribution >= 4 is 11.6 Å². The number of phenolic OH excluding ortho intramolecular Hbond substituents is 1. The van der Waals surface area contributed by atoms with E-state index in [1.165, 1.54) is 7.11 Å². The molecule has 0 aliphatic rings. The molecule has 0 fully saturated rings. The van der Waals surface area contributed by atoms with Gasteiger partial charge in [0.25, 0.3) is 0 Å². The number of ether oxygens (including phenoxy) is 1. The highest BCUT2D eigenvalue weighted by atomic mass is 35.5. The van der Waals surface area contributed by atoms with Crippen molar-refractivity contribution < 1.29 is 15.1 Å². The third kappa shape index (κ3) is 1.92. The Kier molecular flexibility index (Phi) is 3.57. The largest absolute Gasteiger partial charge is 0.507 e. The number of phenols is 1. The second kappa shape index (κ2) is 4.50. The van der Waals surface area contributed by atoms with Gasteiger partial charge >= 0.3 is 0 Å². The number of benzene rings is 1. The van der Waals surface area contributed by atoms with E-state index >= 15 is 0 Å². The summed E-state index contributed by atoms with van der Waals surface area (Å²) >= 11 is 5.90. The standard InChI is InChI=1S/C9H12ClNO3/c1-5-8(12)6(4-11-13)3-7(10)9(5)14-2/h3,11-13H,4H2,1-2H3. The molecule has 0 heterocycles. The molecule has 0 bridgehead atoms. The molecule has 4 nitrogen and oxygen atoms in total. The molecule has 0 atom stereocenters. The van der Waals surface area contributed by atoms with Gasteiger partial charge in [0, 0.05) is 17.7 Å². The second-order valence-electron chi connectivity index (χ2n) is 2.86. The van der Waals surface area contributed by atoms with Crippen LogP contribution in [0, 0.1) is 6.92 Å². The monoisotopic (exact) mass is 217 g/mol. The molecule has 0 saturated carbocycles.